The average molecular weight is 249 g/mol. The van der Waals surface area contributed by atoms with Crippen LogP contribution in [0.25, 0.3) is 0 Å². The Morgan fingerprint density at radius 3 is 2.83 bits per heavy atom. The van der Waals surface area contributed by atoms with Gasteiger partial charge in [0.05, 0.1) is 4.92 Å². The first-order valence-corrected chi connectivity index (χ1v) is 6.54. The molecule has 0 radical (unpaired) electrons. The van der Waals surface area contributed by atoms with Crippen LogP contribution in [0.1, 0.15) is 39.0 Å². The topological polar surface area (TPSA) is 68.1 Å². The van der Waals surface area contributed by atoms with Gasteiger partial charge >= 0.3 is 5.69 Å². The van der Waals surface area contributed by atoms with E-state index < -0.39 is 0 Å². The highest BCUT2D eigenvalue weighted by Crippen LogP contribution is 2.29. The van der Waals surface area contributed by atoms with E-state index in [1.165, 1.54) is 38.2 Å². The SMILES string of the molecule is C[C@H](Nc1ncccc1[N+](=O)[O-])C1CCCCC1. The second kappa shape index (κ2) is 5.80. The molecule has 0 aromatic carbocycles. The van der Waals surface area contributed by atoms with Gasteiger partial charge < -0.3 is 5.32 Å². The monoisotopic (exact) mass is 249 g/mol. The van der Waals surface area contributed by atoms with Crippen molar-refractivity contribution in [2.75, 3.05) is 5.32 Å². The van der Waals surface area contributed by atoms with Crippen molar-refractivity contribution < 1.29 is 4.92 Å². The fraction of sp³-hybridized carbons (Fsp3) is 0.615. The maximum absolute atomic E-state index is 10.9. The summed E-state index contributed by atoms with van der Waals surface area (Å²) in [5, 5.41) is 14.1. The van der Waals surface area contributed by atoms with Crippen LogP contribution in [0.4, 0.5) is 11.5 Å². The maximum Gasteiger partial charge on any atom is 0.311 e. The lowest BCUT2D eigenvalue weighted by Crippen LogP contribution is -2.28. The van der Waals surface area contributed by atoms with E-state index in [0.717, 1.165) is 0 Å². The Balaban J connectivity index is 2.06. The standard InChI is InChI=1S/C13H19N3O2/c1-10(11-6-3-2-4-7-11)15-13-12(16(17)18)8-5-9-14-13/h5,8-11H,2-4,6-7H2,1H3,(H,14,15)/t10-/m0/s1. The zero-order chi connectivity index (χ0) is 13.0. The number of hydrogen-bond acceptors (Lipinski definition) is 4. The Morgan fingerprint density at radius 1 is 1.44 bits per heavy atom. The number of hydrogen-bond donors (Lipinski definition) is 1. The predicted molar refractivity (Wildman–Crippen MR) is 70.6 cm³/mol. The lowest BCUT2D eigenvalue weighted by Gasteiger charge is -2.28. The highest BCUT2D eigenvalue weighted by Gasteiger charge is 2.23. The highest BCUT2D eigenvalue weighted by atomic mass is 16.6. The van der Waals surface area contributed by atoms with Gasteiger partial charge in [0.2, 0.25) is 5.82 Å². The number of pyridine rings is 1. The molecule has 98 valence electrons. The molecule has 2 rings (SSSR count). The van der Waals surface area contributed by atoms with Gasteiger partial charge in [0, 0.05) is 18.3 Å². The average Bonchev–Trinajstić information content (AvgIpc) is 2.40. The molecule has 5 heteroatoms. The van der Waals surface area contributed by atoms with Gasteiger partial charge in [-0.3, -0.25) is 10.1 Å². The molecule has 1 atom stereocenters. The summed E-state index contributed by atoms with van der Waals surface area (Å²) in [5.41, 5.74) is 0.0557. The van der Waals surface area contributed by atoms with Gasteiger partial charge in [0.25, 0.3) is 0 Å². The zero-order valence-electron chi connectivity index (χ0n) is 10.6. The number of nitro groups is 1. The summed E-state index contributed by atoms with van der Waals surface area (Å²) in [7, 11) is 0. The number of nitrogens with one attached hydrogen (secondary N) is 1. The van der Waals surface area contributed by atoms with E-state index >= 15 is 0 Å². The highest BCUT2D eigenvalue weighted by molar-refractivity contribution is 5.55. The molecule has 0 unspecified atom stereocenters. The van der Waals surface area contributed by atoms with E-state index in [-0.39, 0.29) is 16.7 Å². The van der Waals surface area contributed by atoms with E-state index in [1.54, 1.807) is 12.3 Å². The van der Waals surface area contributed by atoms with Gasteiger partial charge in [-0.1, -0.05) is 19.3 Å². The minimum absolute atomic E-state index is 0.0557. The Morgan fingerprint density at radius 2 is 2.17 bits per heavy atom. The van der Waals surface area contributed by atoms with Crippen molar-refractivity contribution >= 4 is 11.5 Å². The first kappa shape index (κ1) is 12.8. The van der Waals surface area contributed by atoms with Gasteiger partial charge in [0.15, 0.2) is 0 Å². The molecular weight excluding hydrogens is 230 g/mol. The van der Waals surface area contributed by atoms with Crippen LogP contribution in [-0.4, -0.2) is 15.9 Å². The summed E-state index contributed by atoms with van der Waals surface area (Å²) in [6.07, 6.45) is 7.83. The molecule has 1 aliphatic rings. The molecule has 0 aliphatic heterocycles. The third-order valence-electron chi connectivity index (χ3n) is 3.70. The normalized spacial score (nSPS) is 18.3. The number of nitrogens with zero attached hydrogens (tertiary/aromatic N) is 2. The van der Waals surface area contributed by atoms with Crippen molar-refractivity contribution in [1.82, 2.24) is 4.98 Å². The van der Waals surface area contributed by atoms with E-state index in [0.29, 0.717) is 11.7 Å². The summed E-state index contributed by atoms with van der Waals surface area (Å²) in [6, 6.07) is 3.32. The van der Waals surface area contributed by atoms with Crippen molar-refractivity contribution in [2.45, 2.75) is 45.1 Å². The molecule has 0 spiro atoms. The molecule has 1 saturated carbocycles. The van der Waals surface area contributed by atoms with Crippen molar-refractivity contribution in [3.63, 3.8) is 0 Å². The van der Waals surface area contributed by atoms with Crippen LogP contribution < -0.4 is 5.32 Å². The number of rotatable bonds is 4. The van der Waals surface area contributed by atoms with Crippen molar-refractivity contribution in [3.05, 3.63) is 28.4 Å². The molecule has 0 amide bonds. The molecule has 0 bridgehead atoms. The zero-order valence-corrected chi connectivity index (χ0v) is 10.6. The molecule has 1 N–H and O–H groups in total. The lowest BCUT2D eigenvalue weighted by molar-refractivity contribution is -0.384. The van der Waals surface area contributed by atoms with Crippen molar-refractivity contribution in [1.29, 1.82) is 0 Å². The van der Waals surface area contributed by atoms with E-state index in [9.17, 15) is 10.1 Å². The molecule has 5 nitrogen and oxygen atoms in total. The predicted octanol–water partition coefficient (Wildman–Crippen LogP) is 3.37. The van der Waals surface area contributed by atoms with Crippen LogP contribution in [0.2, 0.25) is 0 Å². The molecule has 1 fully saturated rings. The molecular formula is C13H19N3O2. The first-order valence-electron chi connectivity index (χ1n) is 6.54. The third-order valence-corrected chi connectivity index (χ3v) is 3.70. The minimum atomic E-state index is -0.386. The summed E-state index contributed by atoms with van der Waals surface area (Å²) in [6.45, 7) is 2.09. The van der Waals surface area contributed by atoms with Crippen molar-refractivity contribution in [2.24, 2.45) is 5.92 Å². The Kier molecular flexibility index (Phi) is 4.12. The van der Waals surface area contributed by atoms with E-state index in [4.69, 9.17) is 0 Å². The quantitative estimate of drug-likeness (QED) is 0.656. The summed E-state index contributed by atoms with van der Waals surface area (Å²) < 4.78 is 0. The van der Waals surface area contributed by atoms with Gasteiger partial charge in [-0.2, -0.15) is 0 Å². The van der Waals surface area contributed by atoms with Crippen LogP contribution in [0.3, 0.4) is 0 Å². The fourth-order valence-corrected chi connectivity index (χ4v) is 2.62. The van der Waals surface area contributed by atoms with E-state index in [2.05, 4.69) is 17.2 Å². The second-order valence-corrected chi connectivity index (χ2v) is 4.96. The number of anilines is 1. The summed E-state index contributed by atoms with van der Waals surface area (Å²) in [4.78, 5) is 14.6. The van der Waals surface area contributed by atoms with Crippen LogP contribution in [0.15, 0.2) is 18.3 Å². The first-order chi connectivity index (χ1) is 8.68. The van der Waals surface area contributed by atoms with Gasteiger partial charge in [0.1, 0.15) is 0 Å². The van der Waals surface area contributed by atoms with Crippen molar-refractivity contribution in [3.8, 4) is 0 Å². The largest absolute Gasteiger partial charge is 0.362 e. The van der Waals surface area contributed by atoms with Crippen LogP contribution in [0, 0.1) is 16.0 Å². The number of aromatic nitrogens is 1. The maximum atomic E-state index is 10.9. The summed E-state index contributed by atoms with van der Waals surface area (Å²) in [5.74, 6) is 0.987. The minimum Gasteiger partial charge on any atom is -0.362 e. The van der Waals surface area contributed by atoms with Gasteiger partial charge in [-0.15, -0.1) is 0 Å². The molecule has 1 aromatic rings. The van der Waals surface area contributed by atoms with Crippen LogP contribution >= 0.6 is 0 Å². The molecule has 0 saturated heterocycles. The smallest absolute Gasteiger partial charge is 0.311 e. The molecule has 1 aliphatic carbocycles. The van der Waals surface area contributed by atoms with Gasteiger partial charge in [-0.05, 0) is 31.7 Å². The summed E-state index contributed by atoms with van der Waals surface area (Å²) >= 11 is 0. The van der Waals surface area contributed by atoms with Crippen LogP contribution in [0.5, 0.6) is 0 Å². The lowest BCUT2D eigenvalue weighted by atomic mass is 9.84. The van der Waals surface area contributed by atoms with Gasteiger partial charge in [-0.25, -0.2) is 4.98 Å². The Bertz CT molecular complexity index is 416. The fourth-order valence-electron chi connectivity index (χ4n) is 2.62. The van der Waals surface area contributed by atoms with Crippen LogP contribution in [-0.2, 0) is 0 Å². The molecule has 1 heterocycles. The second-order valence-electron chi connectivity index (χ2n) is 4.96. The molecule has 1 aromatic heterocycles. The van der Waals surface area contributed by atoms with E-state index in [1.807, 2.05) is 0 Å². The third kappa shape index (κ3) is 2.97. The Labute approximate surface area is 107 Å². The Hall–Kier alpha value is -1.65. The molecule has 18 heavy (non-hydrogen) atoms.